The van der Waals surface area contributed by atoms with E-state index in [0.29, 0.717) is 0 Å². The Hall–Kier alpha value is -3.07. The summed E-state index contributed by atoms with van der Waals surface area (Å²) in [5.41, 5.74) is 10.1. The van der Waals surface area contributed by atoms with Crippen LogP contribution in [-0.4, -0.2) is 28.9 Å². The van der Waals surface area contributed by atoms with Gasteiger partial charge < -0.3 is 9.88 Å². The van der Waals surface area contributed by atoms with Crippen molar-refractivity contribution in [2.75, 3.05) is 13.1 Å². The van der Waals surface area contributed by atoms with Crippen molar-refractivity contribution in [2.24, 2.45) is 0 Å². The molecule has 3 aromatic rings. The first-order chi connectivity index (χ1) is 15.3. The normalized spacial score (nSPS) is 20.1. The smallest absolute Gasteiger partial charge is 0.270 e. The molecular weight excluding hydrogens is 380 g/mol. The average Bonchev–Trinajstić information content (AvgIpc) is 3.30. The first-order valence-corrected chi connectivity index (χ1v) is 11.7. The Kier molecular flexibility index (Phi) is 4.56. The third-order valence-corrected chi connectivity index (χ3v) is 7.26. The molecule has 2 aromatic carbocycles. The van der Waals surface area contributed by atoms with Crippen LogP contribution in [0.4, 0.5) is 0 Å². The summed E-state index contributed by atoms with van der Waals surface area (Å²) in [6.45, 7) is 1.75. The van der Waals surface area contributed by atoms with Gasteiger partial charge in [0.15, 0.2) is 0 Å². The minimum absolute atomic E-state index is 0.157. The number of fused-ring (bicyclic) bond motifs is 4. The Balaban J connectivity index is 1.51. The van der Waals surface area contributed by atoms with E-state index in [-0.39, 0.29) is 11.8 Å². The number of aryl methyl sites for hydroxylation is 1. The number of hydrogen-bond acceptors (Lipinski definition) is 1. The molecule has 1 amide bonds. The molecule has 3 aliphatic rings. The average molecular weight is 409 g/mol. The maximum Gasteiger partial charge on any atom is 0.270 e. The number of H-pyrrole nitrogens is 1. The molecule has 31 heavy (non-hydrogen) atoms. The van der Waals surface area contributed by atoms with Crippen LogP contribution < -0.4 is 0 Å². The molecule has 1 saturated heterocycles. The number of rotatable bonds is 2. The molecule has 1 fully saturated rings. The number of benzene rings is 2. The van der Waals surface area contributed by atoms with Crippen molar-refractivity contribution >= 4 is 11.5 Å². The molecule has 2 heterocycles. The van der Waals surface area contributed by atoms with Gasteiger partial charge in [-0.1, -0.05) is 54.6 Å². The number of likely N-dealkylation sites (tertiary alicyclic amines) is 1. The molecular formula is C28H28N2O. The summed E-state index contributed by atoms with van der Waals surface area (Å²) in [5.74, 6) is 0.390. The zero-order chi connectivity index (χ0) is 20.8. The maximum atomic E-state index is 13.3. The predicted octanol–water partition coefficient (Wildman–Crippen LogP) is 5.92. The van der Waals surface area contributed by atoms with Crippen molar-refractivity contribution in [3.8, 4) is 0 Å². The van der Waals surface area contributed by atoms with Crippen LogP contribution in [0.15, 0.2) is 66.2 Å². The number of aromatic amines is 1. The Morgan fingerprint density at radius 3 is 2.48 bits per heavy atom. The summed E-state index contributed by atoms with van der Waals surface area (Å²) in [6.07, 6.45) is 6.84. The van der Waals surface area contributed by atoms with Crippen molar-refractivity contribution in [2.45, 2.75) is 44.4 Å². The van der Waals surface area contributed by atoms with Gasteiger partial charge in [-0.25, -0.2) is 0 Å². The zero-order valence-corrected chi connectivity index (χ0v) is 17.9. The first-order valence-electron chi connectivity index (χ1n) is 11.7. The molecule has 1 N–H and O–H groups in total. The fourth-order valence-corrected chi connectivity index (χ4v) is 5.83. The number of nitrogens with zero attached hydrogens (tertiary/aromatic N) is 1. The van der Waals surface area contributed by atoms with E-state index in [4.69, 9.17) is 0 Å². The van der Waals surface area contributed by atoms with Gasteiger partial charge in [0.25, 0.3) is 5.91 Å². The second kappa shape index (κ2) is 7.56. The van der Waals surface area contributed by atoms with Crippen LogP contribution in [0.1, 0.15) is 76.5 Å². The number of piperidine rings is 1. The van der Waals surface area contributed by atoms with Crippen LogP contribution >= 0.6 is 0 Å². The second-order valence-corrected chi connectivity index (χ2v) is 9.12. The minimum Gasteiger partial charge on any atom is -0.350 e. The van der Waals surface area contributed by atoms with Gasteiger partial charge in [-0.3, -0.25) is 4.79 Å². The lowest BCUT2D eigenvalue weighted by atomic mass is 9.86. The molecule has 0 saturated carbocycles. The standard InChI is InChI=1S/C28H28N2O/c31-28(30-16-7-2-8-17-30)24-18-23-25(20-11-3-1-4-12-20)22-15-9-13-19-10-5-6-14-21(19)26(22)27(23)29-24/h1,3-6,10-12,14,18,25,29H,2,7-9,13,15-17H2/t25-/m1/s1. The number of allylic oxidation sites excluding steroid dienone is 1. The van der Waals surface area contributed by atoms with Crippen LogP contribution in [0.3, 0.4) is 0 Å². The van der Waals surface area contributed by atoms with Crippen LogP contribution in [0.2, 0.25) is 0 Å². The lowest BCUT2D eigenvalue weighted by Crippen LogP contribution is -2.35. The fraction of sp³-hybridized carbons (Fsp3) is 0.321. The molecule has 0 bridgehead atoms. The molecule has 2 aliphatic carbocycles. The molecule has 6 rings (SSSR count). The van der Waals surface area contributed by atoms with Gasteiger partial charge in [0.1, 0.15) is 5.69 Å². The van der Waals surface area contributed by atoms with Gasteiger partial charge in [0, 0.05) is 24.6 Å². The summed E-state index contributed by atoms with van der Waals surface area (Å²) in [4.78, 5) is 18.9. The molecule has 1 aromatic heterocycles. The number of amides is 1. The SMILES string of the molecule is O=C(c1cc2c([nH]1)C1=C(CCCc3ccccc31)[C@H]2c1ccccc1)N1CCCCC1. The lowest BCUT2D eigenvalue weighted by molar-refractivity contribution is 0.0719. The third-order valence-electron chi connectivity index (χ3n) is 7.26. The number of nitrogens with one attached hydrogen (secondary N) is 1. The molecule has 3 nitrogen and oxygen atoms in total. The van der Waals surface area contributed by atoms with Crippen molar-refractivity contribution in [1.82, 2.24) is 9.88 Å². The molecule has 156 valence electrons. The minimum atomic E-state index is 0.157. The van der Waals surface area contributed by atoms with Gasteiger partial charge in [-0.15, -0.1) is 0 Å². The van der Waals surface area contributed by atoms with Crippen LogP contribution in [0.5, 0.6) is 0 Å². The Morgan fingerprint density at radius 2 is 1.65 bits per heavy atom. The van der Waals surface area contributed by atoms with Crippen molar-refractivity contribution in [1.29, 1.82) is 0 Å². The highest BCUT2D eigenvalue weighted by molar-refractivity contribution is 5.97. The molecule has 0 spiro atoms. The summed E-state index contributed by atoms with van der Waals surface area (Å²) in [6, 6.07) is 21.8. The zero-order valence-electron chi connectivity index (χ0n) is 17.9. The Labute approximate surface area is 183 Å². The number of carbonyl (C=O) groups excluding carboxylic acids is 1. The number of hydrogen-bond donors (Lipinski definition) is 1. The van der Waals surface area contributed by atoms with E-state index < -0.39 is 0 Å². The van der Waals surface area contributed by atoms with E-state index in [1.165, 1.54) is 51.9 Å². The molecule has 0 radical (unpaired) electrons. The van der Waals surface area contributed by atoms with E-state index in [9.17, 15) is 4.79 Å². The van der Waals surface area contributed by atoms with Gasteiger partial charge in [0.2, 0.25) is 0 Å². The molecule has 3 heteroatoms. The quantitative estimate of drug-likeness (QED) is 0.561. The van der Waals surface area contributed by atoms with Gasteiger partial charge in [-0.2, -0.15) is 0 Å². The molecule has 0 unspecified atom stereocenters. The fourth-order valence-electron chi connectivity index (χ4n) is 5.83. The van der Waals surface area contributed by atoms with E-state index in [1.807, 2.05) is 4.90 Å². The summed E-state index contributed by atoms with van der Waals surface area (Å²) in [7, 11) is 0. The lowest BCUT2D eigenvalue weighted by Gasteiger charge is -2.26. The second-order valence-electron chi connectivity index (χ2n) is 9.12. The van der Waals surface area contributed by atoms with Crippen molar-refractivity contribution < 1.29 is 4.79 Å². The highest BCUT2D eigenvalue weighted by atomic mass is 16.2. The summed E-state index contributed by atoms with van der Waals surface area (Å²) in [5, 5.41) is 0. The monoisotopic (exact) mass is 408 g/mol. The topological polar surface area (TPSA) is 36.1 Å². The van der Waals surface area contributed by atoms with Gasteiger partial charge in [-0.05, 0) is 72.4 Å². The van der Waals surface area contributed by atoms with Crippen LogP contribution in [0.25, 0.3) is 5.57 Å². The van der Waals surface area contributed by atoms with Gasteiger partial charge >= 0.3 is 0 Å². The molecule has 1 aliphatic heterocycles. The van der Waals surface area contributed by atoms with Gasteiger partial charge in [0.05, 0.1) is 5.69 Å². The van der Waals surface area contributed by atoms with E-state index in [1.54, 1.807) is 0 Å². The largest absolute Gasteiger partial charge is 0.350 e. The van der Waals surface area contributed by atoms with Crippen LogP contribution in [-0.2, 0) is 6.42 Å². The maximum absolute atomic E-state index is 13.3. The summed E-state index contributed by atoms with van der Waals surface area (Å²) < 4.78 is 0. The van der Waals surface area contributed by atoms with Crippen molar-refractivity contribution in [3.05, 3.63) is 99.9 Å². The highest BCUT2D eigenvalue weighted by Crippen LogP contribution is 2.51. The highest BCUT2D eigenvalue weighted by Gasteiger charge is 2.37. The molecule has 1 atom stereocenters. The summed E-state index contributed by atoms with van der Waals surface area (Å²) >= 11 is 0. The van der Waals surface area contributed by atoms with E-state index >= 15 is 0 Å². The predicted molar refractivity (Wildman–Crippen MR) is 124 cm³/mol. The van der Waals surface area contributed by atoms with E-state index in [0.717, 1.165) is 44.5 Å². The number of aromatic nitrogens is 1. The Morgan fingerprint density at radius 1 is 0.871 bits per heavy atom. The van der Waals surface area contributed by atoms with Crippen molar-refractivity contribution in [3.63, 3.8) is 0 Å². The van der Waals surface area contributed by atoms with E-state index in [2.05, 4.69) is 65.6 Å². The van der Waals surface area contributed by atoms with Crippen LogP contribution in [0, 0.1) is 0 Å². The third kappa shape index (κ3) is 3.06. The first kappa shape index (κ1) is 18.7. The Bertz CT molecular complexity index is 1160. The number of carbonyl (C=O) groups is 1.